The molecule has 1 aliphatic heterocycles. The third-order valence-electron chi connectivity index (χ3n) is 5.58. The Morgan fingerprint density at radius 1 is 1.04 bits per heavy atom. The second kappa shape index (κ2) is 9.19. The summed E-state index contributed by atoms with van der Waals surface area (Å²) in [4.78, 5) is 2.64. The summed E-state index contributed by atoms with van der Waals surface area (Å²) in [6.07, 6.45) is 3.62. The second-order valence-corrected chi connectivity index (χ2v) is 9.28. The highest BCUT2D eigenvalue weighted by atomic mass is 79.9. The van der Waals surface area contributed by atoms with Crippen molar-refractivity contribution in [3.05, 3.63) is 68.1 Å². The minimum atomic E-state index is 0.232. The van der Waals surface area contributed by atoms with Gasteiger partial charge >= 0.3 is 0 Å². The van der Waals surface area contributed by atoms with E-state index in [0.717, 1.165) is 48.0 Å². The summed E-state index contributed by atoms with van der Waals surface area (Å²) in [5.74, 6) is 0. The first-order valence-electron chi connectivity index (χ1n) is 9.80. The molecular formula is C22H26Br2N2O. The van der Waals surface area contributed by atoms with Gasteiger partial charge in [-0.25, -0.2) is 0 Å². The molecule has 2 aromatic rings. The molecule has 2 aliphatic rings. The Bertz CT molecular complexity index is 754. The molecule has 0 saturated carbocycles. The number of halogens is 2. The maximum Gasteiger partial charge on any atom is 0.0779 e. The number of rotatable bonds is 4. The molecule has 0 aromatic heterocycles. The van der Waals surface area contributed by atoms with Gasteiger partial charge in [-0.3, -0.25) is 4.90 Å². The molecule has 0 spiro atoms. The van der Waals surface area contributed by atoms with Gasteiger partial charge < -0.3 is 10.1 Å². The van der Waals surface area contributed by atoms with E-state index in [2.05, 4.69) is 84.5 Å². The molecular weight excluding hydrogens is 468 g/mol. The van der Waals surface area contributed by atoms with Crippen molar-refractivity contribution in [2.75, 3.05) is 26.2 Å². The van der Waals surface area contributed by atoms with Gasteiger partial charge in [0, 0.05) is 28.6 Å². The van der Waals surface area contributed by atoms with Gasteiger partial charge in [0.2, 0.25) is 0 Å². The maximum absolute atomic E-state index is 6.54. The lowest BCUT2D eigenvalue weighted by Crippen LogP contribution is -2.42. The van der Waals surface area contributed by atoms with Crippen LogP contribution in [0.15, 0.2) is 51.4 Å². The van der Waals surface area contributed by atoms with Crippen molar-refractivity contribution in [2.24, 2.45) is 0 Å². The summed E-state index contributed by atoms with van der Waals surface area (Å²) in [5, 5.41) is 3.53. The number of fused-ring (bicyclic) bond motifs is 1. The highest BCUT2D eigenvalue weighted by molar-refractivity contribution is 9.11. The van der Waals surface area contributed by atoms with E-state index in [1.807, 2.05) is 0 Å². The van der Waals surface area contributed by atoms with Crippen LogP contribution in [0.2, 0.25) is 0 Å². The first kappa shape index (κ1) is 19.6. The summed E-state index contributed by atoms with van der Waals surface area (Å²) in [6, 6.07) is 15.6. The van der Waals surface area contributed by atoms with E-state index < -0.39 is 0 Å². The highest BCUT2D eigenvalue weighted by Gasteiger charge is 2.34. The molecule has 1 saturated heterocycles. The van der Waals surface area contributed by atoms with Gasteiger partial charge in [0.25, 0.3) is 0 Å². The van der Waals surface area contributed by atoms with Crippen molar-refractivity contribution in [1.29, 1.82) is 0 Å². The second-order valence-electron chi connectivity index (χ2n) is 7.45. The van der Waals surface area contributed by atoms with Crippen molar-refractivity contribution < 1.29 is 4.74 Å². The average molecular weight is 494 g/mol. The van der Waals surface area contributed by atoms with Crippen LogP contribution in [0.3, 0.4) is 0 Å². The van der Waals surface area contributed by atoms with Gasteiger partial charge in [-0.1, -0.05) is 56.1 Å². The molecule has 1 N–H and O–H groups in total. The predicted molar refractivity (Wildman–Crippen MR) is 117 cm³/mol. The molecule has 4 rings (SSSR count). The van der Waals surface area contributed by atoms with E-state index in [1.165, 1.54) is 23.1 Å². The zero-order valence-corrected chi connectivity index (χ0v) is 18.6. The van der Waals surface area contributed by atoms with Gasteiger partial charge in [-0.15, -0.1) is 0 Å². The summed E-state index contributed by atoms with van der Waals surface area (Å²) in [6.45, 7) is 5.04. The Balaban J connectivity index is 1.56. The highest BCUT2D eigenvalue weighted by Crippen LogP contribution is 2.37. The van der Waals surface area contributed by atoms with Gasteiger partial charge in [0.05, 0.1) is 18.8 Å². The molecule has 144 valence electrons. The lowest BCUT2D eigenvalue weighted by atomic mass is 9.84. The molecule has 0 radical (unpaired) electrons. The van der Waals surface area contributed by atoms with E-state index in [0.29, 0.717) is 12.6 Å². The minimum absolute atomic E-state index is 0.232. The molecule has 0 amide bonds. The molecule has 1 aliphatic carbocycles. The fraction of sp³-hybridized carbons (Fsp3) is 0.455. The van der Waals surface area contributed by atoms with Crippen LogP contribution in [-0.4, -0.2) is 37.2 Å². The third kappa shape index (κ3) is 4.83. The summed E-state index contributed by atoms with van der Waals surface area (Å²) in [7, 11) is 0. The Morgan fingerprint density at radius 2 is 1.85 bits per heavy atom. The number of nitrogens with one attached hydrogen (secondary N) is 1. The maximum atomic E-state index is 6.54. The van der Waals surface area contributed by atoms with E-state index >= 15 is 0 Å². The van der Waals surface area contributed by atoms with Crippen LogP contribution >= 0.6 is 31.9 Å². The molecule has 1 fully saturated rings. The minimum Gasteiger partial charge on any atom is -0.372 e. The number of benzene rings is 2. The van der Waals surface area contributed by atoms with Crippen LogP contribution in [-0.2, 0) is 17.8 Å². The van der Waals surface area contributed by atoms with Crippen LogP contribution in [0, 0.1) is 0 Å². The van der Waals surface area contributed by atoms with Gasteiger partial charge in [-0.05, 0) is 60.7 Å². The third-order valence-corrected chi connectivity index (χ3v) is 6.49. The Labute approximate surface area is 178 Å². The topological polar surface area (TPSA) is 24.5 Å². The molecule has 2 aromatic carbocycles. The lowest BCUT2D eigenvalue weighted by Gasteiger charge is -2.40. The zero-order chi connectivity index (χ0) is 18.6. The van der Waals surface area contributed by atoms with Crippen molar-refractivity contribution in [2.45, 2.75) is 38.0 Å². The van der Waals surface area contributed by atoms with E-state index in [-0.39, 0.29) is 6.10 Å². The first-order chi connectivity index (χ1) is 13.2. The predicted octanol–water partition coefficient (Wildman–Crippen LogP) is 5.08. The molecule has 0 unspecified atom stereocenters. The fourth-order valence-corrected chi connectivity index (χ4v) is 5.74. The monoisotopic (exact) mass is 492 g/mol. The zero-order valence-electron chi connectivity index (χ0n) is 15.5. The Kier molecular flexibility index (Phi) is 6.66. The first-order valence-corrected chi connectivity index (χ1v) is 11.4. The van der Waals surface area contributed by atoms with Crippen LogP contribution in [0.1, 0.15) is 35.6 Å². The Hall–Kier alpha value is -0.720. The largest absolute Gasteiger partial charge is 0.372 e. The van der Waals surface area contributed by atoms with Crippen molar-refractivity contribution >= 4 is 31.9 Å². The van der Waals surface area contributed by atoms with E-state index in [1.54, 1.807) is 0 Å². The van der Waals surface area contributed by atoms with E-state index in [4.69, 9.17) is 4.74 Å². The number of nitrogens with zero attached hydrogens (tertiary/aromatic N) is 1. The van der Waals surface area contributed by atoms with Crippen molar-refractivity contribution in [3.8, 4) is 0 Å². The standard InChI is InChI=1S/C22H26Br2N2O/c23-18-12-16(13-19(24)14-18)15-27-21-7-6-17-4-1-2-5-20(17)22(21)26-10-3-8-25-9-11-26/h1-2,4-5,12-14,21-22,25H,3,6-11,15H2/t21-,22+/m1/s1. The smallest absolute Gasteiger partial charge is 0.0779 e. The summed E-state index contributed by atoms with van der Waals surface area (Å²) < 4.78 is 8.70. The van der Waals surface area contributed by atoms with Gasteiger partial charge in [0.15, 0.2) is 0 Å². The quantitative estimate of drug-likeness (QED) is 0.642. The van der Waals surface area contributed by atoms with Crippen molar-refractivity contribution in [1.82, 2.24) is 10.2 Å². The van der Waals surface area contributed by atoms with Crippen LogP contribution in [0.25, 0.3) is 0 Å². The molecule has 5 heteroatoms. The average Bonchev–Trinajstić information content (AvgIpc) is 2.94. The number of hydrogen-bond acceptors (Lipinski definition) is 3. The Morgan fingerprint density at radius 3 is 2.70 bits per heavy atom. The molecule has 1 heterocycles. The molecule has 0 bridgehead atoms. The van der Waals surface area contributed by atoms with Crippen LogP contribution < -0.4 is 5.32 Å². The fourth-order valence-electron chi connectivity index (χ4n) is 4.35. The molecule has 2 atom stereocenters. The number of hydrogen-bond donors (Lipinski definition) is 1. The van der Waals surface area contributed by atoms with Crippen LogP contribution in [0.4, 0.5) is 0 Å². The number of ether oxygens (including phenoxy) is 1. The SMILES string of the molecule is Brc1cc(Br)cc(CO[C@@H]2CCc3ccccc3[C@@H]2N2CCCNCC2)c1. The molecule has 27 heavy (non-hydrogen) atoms. The van der Waals surface area contributed by atoms with Gasteiger partial charge in [0.1, 0.15) is 0 Å². The van der Waals surface area contributed by atoms with Crippen molar-refractivity contribution in [3.63, 3.8) is 0 Å². The number of aryl methyl sites for hydroxylation is 1. The van der Waals surface area contributed by atoms with E-state index in [9.17, 15) is 0 Å². The lowest BCUT2D eigenvalue weighted by molar-refractivity contribution is -0.0336. The van der Waals surface area contributed by atoms with Gasteiger partial charge in [-0.2, -0.15) is 0 Å². The molecule has 3 nitrogen and oxygen atoms in total. The summed E-state index contributed by atoms with van der Waals surface area (Å²) in [5.41, 5.74) is 4.15. The van der Waals surface area contributed by atoms with Crippen LogP contribution in [0.5, 0.6) is 0 Å². The summed E-state index contributed by atoms with van der Waals surface area (Å²) >= 11 is 7.17. The normalized spacial score (nSPS) is 23.6.